The smallest absolute Gasteiger partial charge is 0.240 e. The number of aromatic nitrogens is 1. The fourth-order valence-electron chi connectivity index (χ4n) is 2.62. The van der Waals surface area contributed by atoms with Gasteiger partial charge in [-0.25, -0.2) is 0 Å². The first-order chi connectivity index (χ1) is 10.8. The van der Waals surface area contributed by atoms with Crippen molar-refractivity contribution in [3.05, 3.63) is 60.2 Å². The first kappa shape index (κ1) is 14.4. The molecule has 0 spiro atoms. The summed E-state index contributed by atoms with van der Waals surface area (Å²) in [4.78, 5) is 12.1. The van der Waals surface area contributed by atoms with E-state index < -0.39 is 0 Å². The van der Waals surface area contributed by atoms with Gasteiger partial charge in [0.05, 0.1) is 12.8 Å². The van der Waals surface area contributed by atoms with E-state index in [9.17, 15) is 4.79 Å². The van der Waals surface area contributed by atoms with Gasteiger partial charge in [-0.05, 0) is 36.7 Å². The Morgan fingerprint density at radius 2 is 2.09 bits per heavy atom. The number of benzene rings is 1. The van der Waals surface area contributed by atoms with Gasteiger partial charge in [-0.3, -0.25) is 4.79 Å². The monoisotopic (exact) mass is 297 g/mol. The van der Waals surface area contributed by atoms with E-state index in [2.05, 4.69) is 11.4 Å². The van der Waals surface area contributed by atoms with Crippen LogP contribution >= 0.6 is 0 Å². The molecule has 114 valence electrons. The second kappa shape index (κ2) is 6.49. The molecule has 3 rings (SSSR count). The topological polar surface area (TPSA) is 73.2 Å². The van der Waals surface area contributed by atoms with E-state index in [1.54, 1.807) is 12.3 Å². The van der Waals surface area contributed by atoms with Gasteiger partial charge >= 0.3 is 0 Å². The molecule has 0 aliphatic rings. The van der Waals surface area contributed by atoms with Gasteiger partial charge in [0.2, 0.25) is 5.91 Å². The second-order valence-corrected chi connectivity index (χ2v) is 5.19. The minimum Gasteiger partial charge on any atom is -0.467 e. The number of furan rings is 1. The lowest BCUT2D eigenvalue weighted by Gasteiger charge is -2.06. The van der Waals surface area contributed by atoms with Crippen molar-refractivity contribution in [2.45, 2.75) is 19.5 Å². The van der Waals surface area contributed by atoms with E-state index in [1.165, 1.54) is 5.56 Å². The lowest BCUT2D eigenvalue weighted by Crippen LogP contribution is -2.26. The summed E-state index contributed by atoms with van der Waals surface area (Å²) in [5.41, 5.74) is 7.90. The molecule has 0 aliphatic heterocycles. The molecule has 5 heteroatoms. The number of fused-ring (bicyclic) bond motifs is 1. The number of rotatable bonds is 6. The van der Waals surface area contributed by atoms with Crippen molar-refractivity contribution in [1.82, 2.24) is 9.88 Å². The van der Waals surface area contributed by atoms with Crippen LogP contribution in [-0.4, -0.2) is 17.0 Å². The average molecular weight is 297 g/mol. The van der Waals surface area contributed by atoms with Crippen LogP contribution in [0, 0.1) is 0 Å². The molecule has 5 nitrogen and oxygen atoms in total. The summed E-state index contributed by atoms with van der Waals surface area (Å²) < 4.78 is 7.18. The Hall–Kier alpha value is -2.53. The Balaban J connectivity index is 1.74. The maximum absolute atomic E-state index is 12.1. The minimum atomic E-state index is -0.0450. The van der Waals surface area contributed by atoms with Crippen LogP contribution in [0.4, 0.5) is 0 Å². The zero-order chi connectivity index (χ0) is 15.4. The van der Waals surface area contributed by atoms with Crippen LogP contribution < -0.4 is 11.1 Å². The lowest BCUT2D eigenvalue weighted by atomic mass is 10.1. The number of carbonyl (C=O) groups is 1. The Morgan fingerprint density at radius 1 is 1.23 bits per heavy atom. The van der Waals surface area contributed by atoms with Gasteiger partial charge in [0.1, 0.15) is 12.3 Å². The maximum atomic E-state index is 12.1. The molecule has 0 fully saturated rings. The van der Waals surface area contributed by atoms with Crippen molar-refractivity contribution in [3.63, 3.8) is 0 Å². The quantitative estimate of drug-likeness (QED) is 0.731. The third kappa shape index (κ3) is 3.04. The van der Waals surface area contributed by atoms with Gasteiger partial charge in [0, 0.05) is 17.1 Å². The Kier molecular flexibility index (Phi) is 4.25. The predicted octanol–water partition coefficient (Wildman–Crippen LogP) is 2.05. The number of para-hydroxylation sites is 1. The molecular formula is C17H19N3O2. The number of nitrogens with one attached hydrogen (secondary N) is 1. The van der Waals surface area contributed by atoms with Crippen molar-refractivity contribution in [1.29, 1.82) is 0 Å². The summed E-state index contributed by atoms with van der Waals surface area (Å²) in [6.07, 6.45) is 4.42. The molecule has 1 amide bonds. The zero-order valence-corrected chi connectivity index (χ0v) is 12.3. The molecular weight excluding hydrogens is 278 g/mol. The summed E-state index contributed by atoms with van der Waals surface area (Å²) in [6.45, 7) is 1.28. The average Bonchev–Trinajstić information content (AvgIpc) is 3.15. The highest BCUT2D eigenvalue weighted by atomic mass is 16.3. The fourth-order valence-corrected chi connectivity index (χ4v) is 2.62. The van der Waals surface area contributed by atoms with Crippen LogP contribution in [0.15, 0.2) is 53.3 Å². The van der Waals surface area contributed by atoms with Gasteiger partial charge in [-0.15, -0.1) is 0 Å². The van der Waals surface area contributed by atoms with Crippen LogP contribution in [0.3, 0.4) is 0 Å². The number of hydrogen-bond donors (Lipinski definition) is 2. The first-order valence-electron chi connectivity index (χ1n) is 7.34. The van der Waals surface area contributed by atoms with Gasteiger partial charge < -0.3 is 20.0 Å². The third-order valence-electron chi connectivity index (χ3n) is 3.64. The summed E-state index contributed by atoms with van der Waals surface area (Å²) in [5, 5.41) is 4.02. The number of nitrogens with zero attached hydrogens (tertiary/aromatic N) is 1. The zero-order valence-electron chi connectivity index (χ0n) is 12.3. The third-order valence-corrected chi connectivity index (χ3v) is 3.64. The van der Waals surface area contributed by atoms with Gasteiger partial charge in [-0.1, -0.05) is 18.2 Å². The van der Waals surface area contributed by atoms with Crippen molar-refractivity contribution >= 4 is 16.8 Å². The summed E-state index contributed by atoms with van der Waals surface area (Å²) in [7, 11) is 0. The number of hydrogen-bond acceptors (Lipinski definition) is 3. The van der Waals surface area contributed by atoms with Crippen molar-refractivity contribution in [2.75, 3.05) is 6.54 Å². The molecule has 3 aromatic rings. The summed E-state index contributed by atoms with van der Waals surface area (Å²) in [5.74, 6) is 0.700. The van der Waals surface area contributed by atoms with Gasteiger partial charge in [-0.2, -0.15) is 0 Å². The first-order valence-corrected chi connectivity index (χ1v) is 7.34. The maximum Gasteiger partial charge on any atom is 0.240 e. The SMILES string of the molecule is NCCc1cn(CC(=O)NCc2ccco2)c2ccccc12. The van der Waals surface area contributed by atoms with Crippen LogP contribution in [0.1, 0.15) is 11.3 Å². The number of nitrogens with two attached hydrogens (primary N) is 1. The normalized spacial score (nSPS) is 11.0. The summed E-state index contributed by atoms with van der Waals surface area (Å²) in [6, 6.07) is 11.7. The molecule has 3 N–H and O–H groups in total. The Bertz CT molecular complexity index is 759. The van der Waals surface area contributed by atoms with Gasteiger partial charge in [0.15, 0.2) is 0 Å². The minimum absolute atomic E-state index is 0.0450. The highest BCUT2D eigenvalue weighted by Crippen LogP contribution is 2.21. The van der Waals surface area contributed by atoms with Crippen molar-refractivity contribution < 1.29 is 9.21 Å². The van der Waals surface area contributed by atoms with Crippen molar-refractivity contribution in [2.24, 2.45) is 5.73 Å². The molecule has 22 heavy (non-hydrogen) atoms. The van der Waals surface area contributed by atoms with E-state index >= 15 is 0 Å². The molecule has 1 aromatic carbocycles. The molecule has 0 radical (unpaired) electrons. The fraction of sp³-hybridized carbons (Fsp3) is 0.235. The molecule has 0 unspecified atom stereocenters. The van der Waals surface area contributed by atoms with E-state index in [4.69, 9.17) is 10.2 Å². The Labute approximate surface area is 128 Å². The molecule has 2 aromatic heterocycles. The van der Waals surface area contributed by atoms with E-state index in [0.717, 1.165) is 23.1 Å². The van der Waals surface area contributed by atoms with E-state index in [-0.39, 0.29) is 12.5 Å². The second-order valence-electron chi connectivity index (χ2n) is 5.19. The molecule has 2 heterocycles. The molecule has 0 saturated heterocycles. The molecule has 0 bridgehead atoms. The lowest BCUT2D eigenvalue weighted by molar-refractivity contribution is -0.121. The molecule has 0 atom stereocenters. The molecule has 0 aliphatic carbocycles. The molecule has 0 saturated carbocycles. The summed E-state index contributed by atoms with van der Waals surface area (Å²) >= 11 is 0. The van der Waals surface area contributed by atoms with Crippen LogP contribution in [0.25, 0.3) is 10.9 Å². The highest BCUT2D eigenvalue weighted by Gasteiger charge is 2.10. The number of carbonyl (C=O) groups excluding carboxylic acids is 1. The Morgan fingerprint density at radius 3 is 2.86 bits per heavy atom. The van der Waals surface area contributed by atoms with Crippen molar-refractivity contribution in [3.8, 4) is 0 Å². The largest absolute Gasteiger partial charge is 0.467 e. The number of amides is 1. The van der Waals surface area contributed by atoms with Crippen LogP contribution in [0.5, 0.6) is 0 Å². The van der Waals surface area contributed by atoms with E-state index in [0.29, 0.717) is 13.1 Å². The van der Waals surface area contributed by atoms with Gasteiger partial charge in [0.25, 0.3) is 0 Å². The highest BCUT2D eigenvalue weighted by molar-refractivity contribution is 5.86. The van der Waals surface area contributed by atoms with Crippen LogP contribution in [0.2, 0.25) is 0 Å². The van der Waals surface area contributed by atoms with Crippen LogP contribution in [-0.2, 0) is 24.3 Å². The predicted molar refractivity (Wildman–Crippen MR) is 85.3 cm³/mol. The van der Waals surface area contributed by atoms with E-state index in [1.807, 2.05) is 35.0 Å². The standard InChI is InChI=1S/C17H19N3O2/c18-8-7-13-11-20(16-6-2-1-5-15(13)16)12-17(21)19-10-14-4-3-9-22-14/h1-6,9,11H,7-8,10,12,18H2,(H,19,21).